The van der Waals surface area contributed by atoms with Crippen molar-refractivity contribution >= 4 is 29.0 Å². The highest BCUT2D eigenvalue weighted by Crippen LogP contribution is 2.28. The number of Topliss-reactive ketones (excluding diaryl/α,β-unsaturated/α-hetero) is 1. The summed E-state index contributed by atoms with van der Waals surface area (Å²) in [6, 6.07) is 12.1. The van der Waals surface area contributed by atoms with Crippen LogP contribution in [-0.4, -0.2) is 5.78 Å². The lowest BCUT2D eigenvalue weighted by Gasteiger charge is -2.11. The van der Waals surface area contributed by atoms with Gasteiger partial charge in [-0.3, -0.25) is 4.79 Å². The molecule has 2 aromatic rings. The molecule has 0 N–H and O–H groups in total. The minimum atomic E-state index is -1.15. The molecule has 0 aliphatic rings. The maximum absolute atomic E-state index is 13.8. The van der Waals surface area contributed by atoms with Crippen LogP contribution >= 0.6 is 23.2 Å². The number of carbonyl (C=O) groups is 1. The van der Waals surface area contributed by atoms with Crippen molar-refractivity contribution in [1.82, 2.24) is 0 Å². The van der Waals surface area contributed by atoms with Crippen LogP contribution in [-0.2, 0) is 0 Å². The van der Waals surface area contributed by atoms with Gasteiger partial charge in [-0.2, -0.15) is 5.26 Å². The number of halogens is 3. The average Bonchev–Trinajstić information content (AvgIpc) is 2.41. The zero-order valence-corrected chi connectivity index (χ0v) is 11.6. The SMILES string of the molecule is N#CC(C(=O)c1ccc(Cl)cc1F)c1ccccc1Cl. The topological polar surface area (TPSA) is 40.9 Å². The first-order chi connectivity index (χ1) is 9.54. The Bertz CT molecular complexity index is 709. The van der Waals surface area contributed by atoms with E-state index in [1.807, 2.05) is 6.07 Å². The van der Waals surface area contributed by atoms with Crippen LogP contribution in [0.15, 0.2) is 42.5 Å². The molecule has 0 radical (unpaired) electrons. The van der Waals surface area contributed by atoms with Crippen LogP contribution in [0.2, 0.25) is 10.0 Å². The second-order valence-corrected chi connectivity index (χ2v) is 4.92. The summed E-state index contributed by atoms with van der Waals surface area (Å²) in [4.78, 5) is 12.3. The van der Waals surface area contributed by atoms with E-state index >= 15 is 0 Å². The maximum atomic E-state index is 13.8. The van der Waals surface area contributed by atoms with E-state index in [2.05, 4.69) is 0 Å². The van der Waals surface area contributed by atoms with Gasteiger partial charge in [-0.1, -0.05) is 41.4 Å². The summed E-state index contributed by atoms with van der Waals surface area (Å²) in [5.74, 6) is -2.55. The van der Waals surface area contributed by atoms with Crippen LogP contribution in [0.4, 0.5) is 4.39 Å². The highest BCUT2D eigenvalue weighted by Gasteiger charge is 2.26. The van der Waals surface area contributed by atoms with Crippen molar-refractivity contribution in [3.8, 4) is 6.07 Å². The minimum absolute atomic E-state index is 0.180. The van der Waals surface area contributed by atoms with Crippen LogP contribution < -0.4 is 0 Å². The standard InChI is InChI=1S/C15H8Cl2FNO/c16-9-5-6-11(14(18)7-9)15(20)12(8-19)10-3-1-2-4-13(10)17/h1-7,12H. The predicted molar refractivity (Wildman–Crippen MR) is 75.5 cm³/mol. The fraction of sp³-hybridized carbons (Fsp3) is 0.0667. The fourth-order valence-electron chi connectivity index (χ4n) is 1.82. The first-order valence-corrected chi connectivity index (χ1v) is 6.43. The van der Waals surface area contributed by atoms with Crippen molar-refractivity contribution in [3.05, 3.63) is 69.5 Å². The number of rotatable bonds is 3. The average molecular weight is 308 g/mol. The molecule has 0 aromatic heterocycles. The van der Waals surface area contributed by atoms with Crippen LogP contribution in [0, 0.1) is 17.1 Å². The Morgan fingerprint density at radius 2 is 1.90 bits per heavy atom. The summed E-state index contributed by atoms with van der Waals surface area (Å²) < 4.78 is 13.8. The van der Waals surface area contributed by atoms with Gasteiger partial charge < -0.3 is 0 Å². The lowest BCUT2D eigenvalue weighted by Crippen LogP contribution is -2.13. The third-order valence-electron chi connectivity index (χ3n) is 2.80. The summed E-state index contributed by atoms with van der Waals surface area (Å²) in [5.41, 5.74) is 0.178. The minimum Gasteiger partial charge on any atom is -0.292 e. The van der Waals surface area contributed by atoms with Gasteiger partial charge in [0.15, 0.2) is 5.78 Å². The first-order valence-electron chi connectivity index (χ1n) is 5.68. The number of ketones is 1. The zero-order valence-electron chi connectivity index (χ0n) is 10.1. The Labute approximate surface area is 125 Å². The summed E-state index contributed by atoms with van der Waals surface area (Å²) in [7, 11) is 0. The van der Waals surface area contributed by atoms with Gasteiger partial charge in [0.25, 0.3) is 0 Å². The number of nitriles is 1. The molecule has 0 saturated heterocycles. The number of carbonyl (C=O) groups excluding carboxylic acids is 1. The lowest BCUT2D eigenvalue weighted by atomic mass is 9.91. The summed E-state index contributed by atoms with van der Waals surface area (Å²) in [6.07, 6.45) is 0. The van der Waals surface area contributed by atoms with Crippen LogP contribution in [0.3, 0.4) is 0 Å². The van der Waals surface area contributed by atoms with Crippen molar-refractivity contribution in [2.45, 2.75) is 5.92 Å². The van der Waals surface area contributed by atoms with Gasteiger partial charge in [0.1, 0.15) is 11.7 Å². The van der Waals surface area contributed by atoms with Crippen molar-refractivity contribution in [2.75, 3.05) is 0 Å². The molecule has 1 unspecified atom stereocenters. The quantitative estimate of drug-likeness (QED) is 0.776. The number of hydrogen-bond acceptors (Lipinski definition) is 2. The maximum Gasteiger partial charge on any atom is 0.187 e. The molecule has 0 saturated carbocycles. The smallest absolute Gasteiger partial charge is 0.187 e. The lowest BCUT2D eigenvalue weighted by molar-refractivity contribution is 0.0975. The van der Waals surface area contributed by atoms with Gasteiger partial charge in [0, 0.05) is 10.0 Å². The van der Waals surface area contributed by atoms with Gasteiger partial charge >= 0.3 is 0 Å². The van der Waals surface area contributed by atoms with E-state index in [0.717, 1.165) is 6.07 Å². The fourth-order valence-corrected chi connectivity index (χ4v) is 2.23. The molecule has 0 spiro atoms. The molecular formula is C15H8Cl2FNO. The van der Waals surface area contributed by atoms with E-state index in [1.54, 1.807) is 24.3 Å². The predicted octanol–water partition coefficient (Wildman–Crippen LogP) is 4.62. The van der Waals surface area contributed by atoms with E-state index in [9.17, 15) is 14.4 Å². The molecule has 0 fully saturated rings. The van der Waals surface area contributed by atoms with E-state index in [0.29, 0.717) is 10.6 Å². The Morgan fingerprint density at radius 1 is 1.20 bits per heavy atom. The second kappa shape index (κ2) is 6.04. The molecule has 20 heavy (non-hydrogen) atoms. The molecule has 100 valence electrons. The third-order valence-corrected chi connectivity index (χ3v) is 3.38. The molecule has 0 amide bonds. The van der Waals surface area contributed by atoms with Gasteiger partial charge in [-0.15, -0.1) is 0 Å². The normalized spacial score (nSPS) is 11.7. The second-order valence-electron chi connectivity index (χ2n) is 4.07. The van der Waals surface area contributed by atoms with E-state index in [-0.39, 0.29) is 10.6 Å². The van der Waals surface area contributed by atoms with Crippen LogP contribution in [0.25, 0.3) is 0 Å². The van der Waals surface area contributed by atoms with Crippen LogP contribution in [0.5, 0.6) is 0 Å². The molecule has 0 aliphatic carbocycles. The Morgan fingerprint density at radius 3 is 2.50 bits per heavy atom. The number of nitrogens with zero attached hydrogens (tertiary/aromatic N) is 1. The number of hydrogen-bond donors (Lipinski definition) is 0. The highest BCUT2D eigenvalue weighted by atomic mass is 35.5. The molecule has 0 bridgehead atoms. The monoisotopic (exact) mass is 307 g/mol. The van der Waals surface area contributed by atoms with Crippen molar-refractivity contribution in [3.63, 3.8) is 0 Å². The highest BCUT2D eigenvalue weighted by molar-refractivity contribution is 6.32. The third kappa shape index (κ3) is 2.82. The van der Waals surface area contributed by atoms with E-state index < -0.39 is 17.5 Å². The van der Waals surface area contributed by atoms with Crippen molar-refractivity contribution in [1.29, 1.82) is 5.26 Å². The summed E-state index contributed by atoms with van der Waals surface area (Å²) in [5, 5.41) is 9.68. The summed E-state index contributed by atoms with van der Waals surface area (Å²) in [6.45, 7) is 0. The number of benzene rings is 2. The Balaban J connectivity index is 2.45. The van der Waals surface area contributed by atoms with Gasteiger partial charge in [0.2, 0.25) is 0 Å². The van der Waals surface area contributed by atoms with Crippen molar-refractivity contribution in [2.24, 2.45) is 0 Å². The largest absolute Gasteiger partial charge is 0.292 e. The molecular weight excluding hydrogens is 300 g/mol. The summed E-state index contributed by atoms with van der Waals surface area (Å²) >= 11 is 11.6. The zero-order chi connectivity index (χ0) is 14.7. The van der Waals surface area contributed by atoms with Crippen LogP contribution in [0.1, 0.15) is 21.8 Å². The van der Waals surface area contributed by atoms with Gasteiger partial charge in [-0.05, 0) is 29.8 Å². The molecule has 0 aliphatic heterocycles. The van der Waals surface area contributed by atoms with Gasteiger partial charge in [-0.25, -0.2) is 4.39 Å². The first kappa shape index (κ1) is 14.5. The molecule has 2 nitrogen and oxygen atoms in total. The Hall–Kier alpha value is -1.89. The molecule has 5 heteroatoms. The molecule has 2 rings (SSSR count). The Kier molecular flexibility index (Phi) is 4.39. The van der Waals surface area contributed by atoms with E-state index in [1.165, 1.54) is 12.1 Å². The molecule has 2 aromatic carbocycles. The molecule has 0 heterocycles. The van der Waals surface area contributed by atoms with Crippen molar-refractivity contribution < 1.29 is 9.18 Å². The molecule has 1 atom stereocenters. The van der Waals surface area contributed by atoms with E-state index in [4.69, 9.17) is 23.2 Å². The van der Waals surface area contributed by atoms with Gasteiger partial charge in [0.05, 0.1) is 11.6 Å².